The number of piperazine rings is 1. The molecule has 2 heterocycles. The van der Waals surface area contributed by atoms with Crippen LogP contribution in [0, 0.1) is 0 Å². The second-order valence-electron chi connectivity index (χ2n) is 6.78. The number of rotatable bonds is 5. The average molecular weight is 333 g/mol. The highest BCUT2D eigenvalue weighted by Crippen LogP contribution is 2.13. The molecule has 1 aromatic carbocycles. The molecular formula is C18H27N3O3. The predicted octanol–water partition coefficient (Wildman–Crippen LogP) is -0.276. The fraction of sp³-hybridized carbons (Fsp3) is 0.611. The van der Waals surface area contributed by atoms with Gasteiger partial charge in [-0.3, -0.25) is 9.69 Å². The molecule has 1 unspecified atom stereocenters. The Bertz CT molecular complexity index is 530. The third-order valence-electron chi connectivity index (χ3n) is 4.68. The zero-order valence-corrected chi connectivity index (χ0v) is 14.1. The van der Waals surface area contributed by atoms with E-state index in [0.717, 1.165) is 32.6 Å². The molecular weight excluding hydrogens is 306 g/mol. The molecule has 0 saturated carbocycles. The van der Waals surface area contributed by atoms with Gasteiger partial charge in [0.05, 0.1) is 19.8 Å². The van der Waals surface area contributed by atoms with Gasteiger partial charge in [-0.2, -0.15) is 0 Å². The van der Waals surface area contributed by atoms with Crippen molar-refractivity contribution >= 4 is 5.91 Å². The quantitative estimate of drug-likeness (QED) is 0.776. The first-order chi connectivity index (χ1) is 11.6. The van der Waals surface area contributed by atoms with E-state index in [4.69, 9.17) is 4.74 Å². The summed E-state index contributed by atoms with van der Waals surface area (Å²) < 4.78 is 5.45. The molecule has 0 bridgehead atoms. The minimum absolute atomic E-state index is 0.142. The first kappa shape index (κ1) is 17.4. The zero-order valence-electron chi connectivity index (χ0n) is 14.1. The van der Waals surface area contributed by atoms with Crippen LogP contribution in [0.1, 0.15) is 5.56 Å². The SMILES string of the molecule is O=C1CN(CC2(O)CNCCOC2)CCN1CCc1ccccc1. The summed E-state index contributed by atoms with van der Waals surface area (Å²) in [6.07, 6.45) is 0.883. The molecule has 3 rings (SSSR count). The lowest BCUT2D eigenvalue weighted by atomic mass is 10.0. The van der Waals surface area contributed by atoms with Gasteiger partial charge in [-0.1, -0.05) is 30.3 Å². The van der Waals surface area contributed by atoms with Crippen molar-refractivity contribution in [2.24, 2.45) is 0 Å². The van der Waals surface area contributed by atoms with Gasteiger partial charge < -0.3 is 20.1 Å². The van der Waals surface area contributed by atoms with Gasteiger partial charge in [0.15, 0.2) is 0 Å². The van der Waals surface area contributed by atoms with Crippen LogP contribution in [0.3, 0.4) is 0 Å². The van der Waals surface area contributed by atoms with E-state index < -0.39 is 5.60 Å². The van der Waals surface area contributed by atoms with E-state index in [1.54, 1.807) is 0 Å². The molecule has 0 spiro atoms. The van der Waals surface area contributed by atoms with Crippen LogP contribution in [0.25, 0.3) is 0 Å². The Kier molecular flexibility index (Phi) is 5.84. The van der Waals surface area contributed by atoms with Crippen LogP contribution in [-0.4, -0.2) is 85.4 Å². The lowest BCUT2D eigenvalue weighted by molar-refractivity contribution is -0.138. The number of ether oxygens (including phenoxy) is 1. The molecule has 2 fully saturated rings. The maximum Gasteiger partial charge on any atom is 0.236 e. The molecule has 2 saturated heterocycles. The largest absolute Gasteiger partial charge is 0.385 e. The molecule has 0 aromatic heterocycles. The first-order valence-electron chi connectivity index (χ1n) is 8.70. The van der Waals surface area contributed by atoms with E-state index in [0.29, 0.717) is 32.8 Å². The minimum atomic E-state index is -0.914. The Hall–Kier alpha value is -1.47. The highest BCUT2D eigenvalue weighted by Gasteiger charge is 2.34. The lowest BCUT2D eigenvalue weighted by Gasteiger charge is -2.38. The molecule has 1 atom stereocenters. The molecule has 2 aliphatic heterocycles. The van der Waals surface area contributed by atoms with Gasteiger partial charge in [-0.15, -0.1) is 0 Å². The van der Waals surface area contributed by atoms with Crippen molar-refractivity contribution < 1.29 is 14.6 Å². The molecule has 24 heavy (non-hydrogen) atoms. The topological polar surface area (TPSA) is 65.0 Å². The fourth-order valence-electron chi connectivity index (χ4n) is 3.33. The number of carbonyl (C=O) groups excluding carboxylic acids is 1. The van der Waals surface area contributed by atoms with Crippen molar-refractivity contribution in [1.29, 1.82) is 0 Å². The predicted molar refractivity (Wildman–Crippen MR) is 91.8 cm³/mol. The van der Waals surface area contributed by atoms with Crippen LogP contribution in [0.4, 0.5) is 0 Å². The molecule has 132 valence electrons. The number of amides is 1. The van der Waals surface area contributed by atoms with E-state index in [1.165, 1.54) is 5.56 Å². The van der Waals surface area contributed by atoms with Crippen LogP contribution in [0.2, 0.25) is 0 Å². The van der Waals surface area contributed by atoms with E-state index in [-0.39, 0.29) is 5.91 Å². The Balaban J connectivity index is 1.47. The number of nitrogens with zero attached hydrogens (tertiary/aromatic N) is 2. The molecule has 2 N–H and O–H groups in total. The highest BCUT2D eigenvalue weighted by molar-refractivity contribution is 5.79. The van der Waals surface area contributed by atoms with Crippen molar-refractivity contribution in [3.05, 3.63) is 35.9 Å². The maximum atomic E-state index is 12.4. The second kappa shape index (κ2) is 8.07. The van der Waals surface area contributed by atoms with Gasteiger partial charge in [-0.25, -0.2) is 0 Å². The number of benzene rings is 1. The van der Waals surface area contributed by atoms with Crippen LogP contribution in [-0.2, 0) is 16.0 Å². The third kappa shape index (κ3) is 4.77. The fourth-order valence-corrected chi connectivity index (χ4v) is 3.33. The van der Waals surface area contributed by atoms with E-state index in [1.807, 2.05) is 28.0 Å². The summed E-state index contributed by atoms with van der Waals surface area (Å²) in [5, 5.41) is 13.8. The Labute approximate surface area is 143 Å². The number of hydrogen-bond donors (Lipinski definition) is 2. The van der Waals surface area contributed by atoms with Gasteiger partial charge in [0.2, 0.25) is 5.91 Å². The molecule has 6 nitrogen and oxygen atoms in total. The van der Waals surface area contributed by atoms with Crippen LogP contribution >= 0.6 is 0 Å². The highest BCUT2D eigenvalue weighted by atomic mass is 16.5. The standard InChI is InChI=1S/C18H27N3O3/c22-17-12-20(14-18(23)13-19-7-11-24-15-18)9-10-21(17)8-6-16-4-2-1-3-5-16/h1-5,19,23H,6-15H2. The number of β-amino-alcohol motifs (C(OH)–C–C–N with tert-alkyl or cyclic N) is 1. The summed E-state index contributed by atoms with van der Waals surface area (Å²) in [7, 11) is 0. The number of carbonyl (C=O) groups is 1. The van der Waals surface area contributed by atoms with E-state index in [2.05, 4.69) is 17.4 Å². The summed E-state index contributed by atoms with van der Waals surface area (Å²) in [5.74, 6) is 0.142. The van der Waals surface area contributed by atoms with Gasteiger partial charge >= 0.3 is 0 Å². The van der Waals surface area contributed by atoms with Gasteiger partial charge in [0, 0.05) is 39.3 Å². The number of nitrogens with one attached hydrogen (secondary N) is 1. The van der Waals surface area contributed by atoms with Gasteiger partial charge in [-0.05, 0) is 12.0 Å². The average Bonchev–Trinajstić information content (AvgIpc) is 2.79. The number of hydrogen-bond acceptors (Lipinski definition) is 5. The van der Waals surface area contributed by atoms with Crippen molar-refractivity contribution in [3.63, 3.8) is 0 Å². The lowest BCUT2D eigenvalue weighted by Crippen LogP contribution is -2.57. The summed E-state index contributed by atoms with van der Waals surface area (Å²) in [6, 6.07) is 10.2. The van der Waals surface area contributed by atoms with E-state index in [9.17, 15) is 9.90 Å². The molecule has 6 heteroatoms. The Morgan fingerprint density at radius 3 is 2.88 bits per heavy atom. The normalized spacial score (nSPS) is 26.4. The van der Waals surface area contributed by atoms with Crippen molar-refractivity contribution in [3.8, 4) is 0 Å². The van der Waals surface area contributed by atoms with Gasteiger partial charge in [0.25, 0.3) is 0 Å². The molecule has 2 aliphatic rings. The summed E-state index contributed by atoms with van der Waals surface area (Å²) >= 11 is 0. The van der Waals surface area contributed by atoms with Crippen LogP contribution in [0.15, 0.2) is 30.3 Å². The van der Waals surface area contributed by atoms with Crippen molar-refractivity contribution in [2.75, 3.05) is 59.0 Å². The van der Waals surface area contributed by atoms with Gasteiger partial charge in [0.1, 0.15) is 5.60 Å². The second-order valence-corrected chi connectivity index (χ2v) is 6.78. The van der Waals surface area contributed by atoms with Crippen molar-refractivity contribution in [2.45, 2.75) is 12.0 Å². The first-order valence-corrected chi connectivity index (χ1v) is 8.70. The molecule has 1 amide bonds. The van der Waals surface area contributed by atoms with Crippen molar-refractivity contribution in [1.82, 2.24) is 15.1 Å². The van der Waals surface area contributed by atoms with Crippen LogP contribution in [0.5, 0.6) is 0 Å². The molecule has 0 aliphatic carbocycles. The summed E-state index contributed by atoms with van der Waals surface area (Å²) in [5.41, 5.74) is 0.340. The monoisotopic (exact) mass is 333 g/mol. The van der Waals surface area contributed by atoms with Crippen LogP contribution < -0.4 is 5.32 Å². The molecule has 0 radical (unpaired) electrons. The third-order valence-corrected chi connectivity index (χ3v) is 4.68. The molecule has 1 aromatic rings. The van der Waals surface area contributed by atoms with E-state index >= 15 is 0 Å². The minimum Gasteiger partial charge on any atom is -0.385 e. The zero-order chi connectivity index (χ0) is 16.8. The smallest absolute Gasteiger partial charge is 0.236 e. The number of aliphatic hydroxyl groups is 1. The Morgan fingerprint density at radius 2 is 2.08 bits per heavy atom. The maximum absolute atomic E-state index is 12.4. The summed E-state index contributed by atoms with van der Waals surface area (Å²) in [4.78, 5) is 16.4. The summed E-state index contributed by atoms with van der Waals surface area (Å²) in [6.45, 7) is 5.32. The Morgan fingerprint density at radius 1 is 1.25 bits per heavy atom.